The van der Waals surface area contributed by atoms with Gasteiger partial charge in [0.1, 0.15) is 0 Å². The Bertz CT molecular complexity index is 375. The summed E-state index contributed by atoms with van der Waals surface area (Å²) < 4.78 is 0. The number of alkyl halides is 1. The summed E-state index contributed by atoms with van der Waals surface area (Å²) in [6.07, 6.45) is 5.22. The Morgan fingerprint density at radius 2 is 2.00 bits per heavy atom. The van der Waals surface area contributed by atoms with Gasteiger partial charge in [-0.05, 0) is 31.2 Å². The van der Waals surface area contributed by atoms with Crippen molar-refractivity contribution in [2.45, 2.75) is 38.1 Å². The third kappa shape index (κ3) is 3.58. The van der Waals surface area contributed by atoms with Crippen LogP contribution in [0, 0.1) is 0 Å². The number of hydrogen-bond acceptors (Lipinski definition) is 1. The van der Waals surface area contributed by atoms with Gasteiger partial charge >= 0.3 is 0 Å². The minimum atomic E-state index is 0.284. The van der Waals surface area contributed by atoms with Crippen molar-refractivity contribution in [3.8, 4) is 0 Å². The molecule has 2 rings (SSSR count). The van der Waals surface area contributed by atoms with Crippen LogP contribution in [0.3, 0.4) is 0 Å². The lowest BCUT2D eigenvalue weighted by Crippen LogP contribution is -2.45. The zero-order valence-electron chi connectivity index (χ0n) is 10.6. The van der Waals surface area contributed by atoms with Gasteiger partial charge in [-0.3, -0.25) is 4.79 Å². The van der Waals surface area contributed by atoms with Crippen LogP contribution in [0.25, 0.3) is 0 Å². The average molecular weight is 310 g/mol. The molecule has 0 bridgehead atoms. The Morgan fingerprint density at radius 3 is 2.56 bits per heavy atom. The minimum Gasteiger partial charge on any atom is -0.339 e. The minimum absolute atomic E-state index is 0.284. The summed E-state index contributed by atoms with van der Waals surface area (Å²) in [4.78, 5) is 14.5. The molecular weight excluding hydrogens is 290 g/mol. The highest BCUT2D eigenvalue weighted by Gasteiger charge is 2.27. The lowest BCUT2D eigenvalue weighted by atomic mass is 9.91. The van der Waals surface area contributed by atoms with Crippen molar-refractivity contribution in [1.29, 1.82) is 0 Å². The Morgan fingerprint density at radius 1 is 1.28 bits per heavy atom. The van der Waals surface area contributed by atoms with Crippen LogP contribution >= 0.6 is 15.9 Å². The van der Waals surface area contributed by atoms with Crippen LogP contribution in [0.5, 0.6) is 0 Å². The Hall–Kier alpha value is -0.830. The highest BCUT2D eigenvalue weighted by Crippen LogP contribution is 2.25. The average Bonchev–Trinajstić information content (AvgIpc) is 2.33. The van der Waals surface area contributed by atoms with E-state index < -0.39 is 0 Å². The van der Waals surface area contributed by atoms with Crippen molar-refractivity contribution in [3.63, 3.8) is 0 Å². The molecule has 0 saturated heterocycles. The SMILES string of the molecule is O=C(Cc1ccccc1)N(CCCBr)C1CCC1. The molecule has 1 saturated carbocycles. The number of carbonyl (C=O) groups excluding carboxylic acids is 1. The van der Waals surface area contributed by atoms with Gasteiger partial charge < -0.3 is 4.90 Å². The van der Waals surface area contributed by atoms with Gasteiger partial charge in [-0.2, -0.15) is 0 Å². The maximum atomic E-state index is 12.4. The number of benzene rings is 1. The van der Waals surface area contributed by atoms with Crippen molar-refractivity contribution in [1.82, 2.24) is 4.90 Å². The number of rotatable bonds is 6. The third-order valence-electron chi connectivity index (χ3n) is 3.57. The van der Waals surface area contributed by atoms with Gasteiger partial charge in [0.25, 0.3) is 0 Å². The summed E-state index contributed by atoms with van der Waals surface area (Å²) in [6.45, 7) is 0.890. The van der Waals surface area contributed by atoms with Gasteiger partial charge in [-0.25, -0.2) is 0 Å². The van der Waals surface area contributed by atoms with Gasteiger partial charge in [-0.1, -0.05) is 46.3 Å². The molecule has 0 aromatic heterocycles. The Labute approximate surface area is 117 Å². The number of amides is 1. The molecule has 1 fully saturated rings. The summed E-state index contributed by atoms with van der Waals surface area (Å²) in [5.74, 6) is 0.284. The second kappa shape index (κ2) is 6.93. The van der Waals surface area contributed by atoms with Gasteiger partial charge in [-0.15, -0.1) is 0 Å². The van der Waals surface area contributed by atoms with Gasteiger partial charge in [0.05, 0.1) is 6.42 Å². The molecule has 18 heavy (non-hydrogen) atoms. The van der Waals surface area contributed by atoms with Crippen LogP contribution < -0.4 is 0 Å². The molecule has 0 spiro atoms. The predicted molar refractivity (Wildman–Crippen MR) is 77.9 cm³/mol. The summed E-state index contributed by atoms with van der Waals surface area (Å²) >= 11 is 3.44. The lowest BCUT2D eigenvalue weighted by Gasteiger charge is -2.37. The van der Waals surface area contributed by atoms with E-state index in [1.54, 1.807) is 0 Å². The molecule has 0 radical (unpaired) electrons. The van der Waals surface area contributed by atoms with Gasteiger partial charge in [0.2, 0.25) is 5.91 Å². The third-order valence-corrected chi connectivity index (χ3v) is 4.13. The highest BCUT2D eigenvalue weighted by atomic mass is 79.9. The second-order valence-corrected chi connectivity index (χ2v) is 5.67. The standard InChI is InChI=1S/C15H20BrNO/c16-10-5-11-17(14-8-4-9-14)15(18)12-13-6-2-1-3-7-13/h1-3,6-7,14H,4-5,8-12H2. The molecule has 1 aromatic rings. The monoisotopic (exact) mass is 309 g/mol. The second-order valence-electron chi connectivity index (χ2n) is 4.88. The highest BCUT2D eigenvalue weighted by molar-refractivity contribution is 9.09. The van der Waals surface area contributed by atoms with Crippen LogP contribution in [0.15, 0.2) is 30.3 Å². The van der Waals surface area contributed by atoms with Crippen LogP contribution in [0.4, 0.5) is 0 Å². The fraction of sp³-hybridized carbons (Fsp3) is 0.533. The van der Waals surface area contributed by atoms with E-state index in [9.17, 15) is 4.79 Å². The number of hydrogen-bond donors (Lipinski definition) is 0. The van der Waals surface area contributed by atoms with Crippen molar-refractivity contribution >= 4 is 21.8 Å². The molecule has 1 aromatic carbocycles. The molecule has 1 aliphatic carbocycles. The predicted octanol–water partition coefficient (Wildman–Crippen LogP) is 3.40. The molecule has 2 nitrogen and oxygen atoms in total. The van der Waals surface area contributed by atoms with E-state index in [1.165, 1.54) is 19.3 Å². The van der Waals surface area contributed by atoms with Crippen molar-refractivity contribution in [2.75, 3.05) is 11.9 Å². The molecule has 3 heteroatoms. The quantitative estimate of drug-likeness (QED) is 0.738. The molecule has 1 amide bonds. The molecule has 0 atom stereocenters. The topological polar surface area (TPSA) is 20.3 Å². The molecule has 1 aliphatic rings. The number of carbonyl (C=O) groups is 1. The summed E-state index contributed by atoms with van der Waals surface area (Å²) in [6, 6.07) is 10.5. The van der Waals surface area contributed by atoms with Gasteiger partial charge in [0.15, 0.2) is 0 Å². The van der Waals surface area contributed by atoms with Crippen LogP contribution in [0.1, 0.15) is 31.2 Å². The van der Waals surface area contributed by atoms with E-state index in [1.807, 2.05) is 30.3 Å². The molecule has 0 N–H and O–H groups in total. The molecule has 98 valence electrons. The van der Waals surface area contributed by atoms with E-state index in [0.717, 1.165) is 23.9 Å². The number of halogens is 1. The first-order chi connectivity index (χ1) is 8.81. The largest absolute Gasteiger partial charge is 0.339 e. The zero-order chi connectivity index (χ0) is 12.8. The first-order valence-electron chi connectivity index (χ1n) is 6.70. The van der Waals surface area contributed by atoms with Crippen molar-refractivity contribution in [3.05, 3.63) is 35.9 Å². The van der Waals surface area contributed by atoms with Crippen LogP contribution in [0.2, 0.25) is 0 Å². The Kier molecular flexibility index (Phi) is 5.24. The molecule has 0 aliphatic heterocycles. The smallest absolute Gasteiger partial charge is 0.227 e. The van der Waals surface area contributed by atoms with E-state index in [0.29, 0.717) is 12.5 Å². The summed E-state index contributed by atoms with van der Waals surface area (Å²) in [7, 11) is 0. The van der Waals surface area contributed by atoms with E-state index >= 15 is 0 Å². The van der Waals surface area contributed by atoms with Crippen LogP contribution in [-0.4, -0.2) is 28.7 Å². The normalized spacial score (nSPS) is 15.2. The zero-order valence-corrected chi connectivity index (χ0v) is 12.2. The lowest BCUT2D eigenvalue weighted by molar-refractivity contribution is -0.134. The maximum Gasteiger partial charge on any atom is 0.227 e. The van der Waals surface area contributed by atoms with Crippen molar-refractivity contribution < 1.29 is 4.79 Å². The van der Waals surface area contributed by atoms with Gasteiger partial charge in [0, 0.05) is 17.9 Å². The van der Waals surface area contributed by atoms with Crippen molar-refractivity contribution in [2.24, 2.45) is 0 Å². The fourth-order valence-corrected chi connectivity index (χ4v) is 2.56. The first kappa shape index (κ1) is 13.6. The Balaban J connectivity index is 1.94. The number of nitrogens with zero attached hydrogens (tertiary/aromatic N) is 1. The fourth-order valence-electron chi connectivity index (χ4n) is 2.31. The first-order valence-corrected chi connectivity index (χ1v) is 7.83. The summed E-state index contributed by atoms with van der Waals surface area (Å²) in [5, 5.41) is 0.967. The van der Waals surface area contributed by atoms with E-state index in [-0.39, 0.29) is 5.91 Å². The van der Waals surface area contributed by atoms with Crippen LogP contribution in [-0.2, 0) is 11.2 Å². The summed E-state index contributed by atoms with van der Waals surface area (Å²) in [5.41, 5.74) is 1.12. The van der Waals surface area contributed by atoms with E-state index in [4.69, 9.17) is 0 Å². The molecule has 0 heterocycles. The molecule has 0 unspecified atom stereocenters. The maximum absolute atomic E-state index is 12.4. The van der Waals surface area contributed by atoms with E-state index in [2.05, 4.69) is 20.8 Å². The molecular formula is C15H20BrNO.